The summed E-state index contributed by atoms with van der Waals surface area (Å²) in [6.45, 7) is 3.07. The van der Waals surface area contributed by atoms with E-state index in [1.807, 2.05) is 12.1 Å². The molecule has 3 aliphatic rings. The SMILES string of the molecule is O=C1CCC(N2Cc3c(CN[C@@H]4CCNCC[C@H]4c4ccccc4)cccc3C2=O)C(=O)N1. The van der Waals surface area contributed by atoms with Crippen molar-refractivity contribution < 1.29 is 14.4 Å². The van der Waals surface area contributed by atoms with Gasteiger partial charge >= 0.3 is 0 Å². The predicted molar refractivity (Wildman–Crippen MR) is 124 cm³/mol. The standard InChI is InChI=1S/C26H30N4O3/c31-24-10-9-23(25(32)29-24)30-16-21-18(7-4-8-20(21)26(30)33)15-28-22-12-14-27-13-11-19(22)17-5-2-1-3-6-17/h1-8,19,22-23,27-28H,9-16H2,(H,29,31,32)/t19-,22+,23?/m0/s1. The van der Waals surface area contributed by atoms with Crippen molar-refractivity contribution in [1.29, 1.82) is 0 Å². The molecule has 2 saturated heterocycles. The molecule has 3 amide bonds. The Kier molecular flexibility index (Phi) is 6.24. The summed E-state index contributed by atoms with van der Waals surface area (Å²) in [5.41, 5.74) is 4.11. The van der Waals surface area contributed by atoms with Gasteiger partial charge < -0.3 is 15.5 Å². The Bertz CT molecular complexity index is 1050. The number of imide groups is 1. The van der Waals surface area contributed by atoms with Gasteiger partial charge in [0.2, 0.25) is 11.8 Å². The van der Waals surface area contributed by atoms with Crippen molar-refractivity contribution in [2.24, 2.45) is 0 Å². The number of nitrogens with one attached hydrogen (secondary N) is 3. The normalized spacial score (nSPS) is 25.5. The predicted octanol–water partition coefficient (Wildman–Crippen LogP) is 2.07. The number of amides is 3. The highest BCUT2D eigenvalue weighted by atomic mass is 16.2. The average molecular weight is 447 g/mol. The van der Waals surface area contributed by atoms with E-state index in [0.717, 1.165) is 37.1 Å². The van der Waals surface area contributed by atoms with Crippen LogP contribution in [0.15, 0.2) is 48.5 Å². The summed E-state index contributed by atoms with van der Waals surface area (Å²) in [5.74, 6) is -0.332. The molecule has 7 heteroatoms. The first-order chi connectivity index (χ1) is 16.1. The fraction of sp³-hybridized carbons (Fsp3) is 0.423. The Morgan fingerprint density at radius 1 is 0.939 bits per heavy atom. The van der Waals surface area contributed by atoms with Gasteiger partial charge in [-0.05, 0) is 55.1 Å². The lowest BCUT2D eigenvalue weighted by molar-refractivity contribution is -0.136. The van der Waals surface area contributed by atoms with Crippen LogP contribution in [0.25, 0.3) is 0 Å². The van der Waals surface area contributed by atoms with Gasteiger partial charge in [-0.15, -0.1) is 0 Å². The molecule has 172 valence electrons. The van der Waals surface area contributed by atoms with Crippen LogP contribution in [0.5, 0.6) is 0 Å². The first-order valence-electron chi connectivity index (χ1n) is 11.9. The quantitative estimate of drug-likeness (QED) is 0.612. The highest BCUT2D eigenvalue weighted by molar-refractivity contribution is 6.05. The van der Waals surface area contributed by atoms with Gasteiger partial charge in [0.05, 0.1) is 0 Å². The van der Waals surface area contributed by atoms with E-state index in [1.165, 1.54) is 5.56 Å². The zero-order valence-electron chi connectivity index (χ0n) is 18.7. The lowest BCUT2D eigenvalue weighted by atomic mass is 9.87. The molecule has 0 radical (unpaired) electrons. The van der Waals surface area contributed by atoms with Gasteiger partial charge in [-0.1, -0.05) is 42.5 Å². The summed E-state index contributed by atoms with van der Waals surface area (Å²) >= 11 is 0. The highest BCUT2D eigenvalue weighted by Crippen LogP contribution is 2.31. The lowest BCUT2D eigenvalue weighted by Crippen LogP contribution is -2.52. The Hall–Kier alpha value is -3.03. The molecule has 2 aromatic carbocycles. The fourth-order valence-corrected chi connectivity index (χ4v) is 5.44. The van der Waals surface area contributed by atoms with E-state index in [4.69, 9.17) is 0 Å². The molecule has 0 spiro atoms. The van der Waals surface area contributed by atoms with Crippen LogP contribution in [0.1, 0.15) is 58.6 Å². The van der Waals surface area contributed by atoms with Gasteiger partial charge in [-0.3, -0.25) is 19.7 Å². The third-order valence-electron chi connectivity index (χ3n) is 7.21. The van der Waals surface area contributed by atoms with Gasteiger partial charge in [0, 0.05) is 37.0 Å². The molecule has 3 aliphatic heterocycles. The molecule has 2 aromatic rings. The minimum atomic E-state index is -0.584. The summed E-state index contributed by atoms with van der Waals surface area (Å²) in [6, 6.07) is 16.3. The molecule has 0 aliphatic carbocycles. The molecular formula is C26H30N4O3. The number of carbonyl (C=O) groups is 3. The number of hydrogen-bond acceptors (Lipinski definition) is 5. The van der Waals surface area contributed by atoms with Crippen molar-refractivity contribution in [3.05, 3.63) is 70.8 Å². The molecule has 3 atom stereocenters. The van der Waals surface area contributed by atoms with Crippen molar-refractivity contribution in [2.45, 2.75) is 56.8 Å². The zero-order valence-corrected chi connectivity index (χ0v) is 18.7. The fourth-order valence-electron chi connectivity index (χ4n) is 5.44. The first-order valence-corrected chi connectivity index (χ1v) is 11.9. The molecule has 7 nitrogen and oxygen atoms in total. The van der Waals surface area contributed by atoms with Crippen LogP contribution in [-0.2, 0) is 22.7 Å². The Morgan fingerprint density at radius 2 is 1.76 bits per heavy atom. The van der Waals surface area contributed by atoms with E-state index in [1.54, 1.807) is 4.90 Å². The maximum atomic E-state index is 13.1. The monoisotopic (exact) mass is 446 g/mol. The summed E-state index contributed by atoms with van der Waals surface area (Å²) in [6.07, 6.45) is 2.76. The van der Waals surface area contributed by atoms with Crippen molar-refractivity contribution in [3.63, 3.8) is 0 Å². The second-order valence-electron chi connectivity index (χ2n) is 9.18. The molecule has 0 saturated carbocycles. The van der Waals surface area contributed by atoms with E-state index in [9.17, 15) is 14.4 Å². The molecular weight excluding hydrogens is 416 g/mol. The van der Waals surface area contributed by atoms with E-state index in [-0.39, 0.29) is 24.1 Å². The Morgan fingerprint density at radius 3 is 2.58 bits per heavy atom. The average Bonchev–Trinajstić information content (AvgIpc) is 3.00. The largest absolute Gasteiger partial charge is 0.322 e. The number of carbonyl (C=O) groups excluding carboxylic acids is 3. The first kappa shape index (κ1) is 21.8. The van der Waals surface area contributed by atoms with Crippen molar-refractivity contribution in [2.75, 3.05) is 13.1 Å². The van der Waals surface area contributed by atoms with Crippen LogP contribution in [-0.4, -0.2) is 47.8 Å². The van der Waals surface area contributed by atoms with Crippen LogP contribution in [0, 0.1) is 0 Å². The molecule has 3 N–H and O–H groups in total. The van der Waals surface area contributed by atoms with E-state index >= 15 is 0 Å². The van der Waals surface area contributed by atoms with Crippen molar-refractivity contribution in [1.82, 2.24) is 20.9 Å². The smallest absolute Gasteiger partial charge is 0.255 e. The van der Waals surface area contributed by atoms with Crippen LogP contribution in [0.4, 0.5) is 0 Å². The number of piperidine rings is 1. The third-order valence-corrected chi connectivity index (χ3v) is 7.21. The summed E-state index contributed by atoms with van der Waals surface area (Å²) < 4.78 is 0. The maximum absolute atomic E-state index is 13.1. The van der Waals surface area contributed by atoms with Gasteiger partial charge in [0.1, 0.15) is 6.04 Å². The maximum Gasteiger partial charge on any atom is 0.255 e. The second-order valence-corrected chi connectivity index (χ2v) is 9.18. The van der Waals surface area contributed by atoms with E-state index < -0.39 is 6.04 Å². The van der Waals surface area contributed by atoms with E-state index in [0.29, 0.717) is 37.0 Å². The van der Waals surface area contributed by atoms with Gasteiger partial charge in [-0.25, -0.2) is 0 Å². The van der Waals surface area contributed by atoms with Gasteiger partial charge in [0.15, 0.2) is 0 Å². The minimum Gasteiger partial charge on any atom is -0.322 e. The molecule has 1 unspecified atom stereocenters. The minimum absolute atomic E-state index is 0.123. The van der Waals surface area contributed by atoms with Crippen LogP contribution in [0.2, 0.25) is 0 Å². The summed E-state index contributed by atoms with van der Waals surface area (Å²) in [5, 5.41) is 9.68. The molecule has 33 heavy (non-hydrogen) atoms. The molecule has 3 heterocycles. The van der Waals surface area contributed by atoms with Gasteiger partial charge in [-0.2, -0.15) is 0 Å². The number of hydrogen-bond donors (Lipinski definition) is 3. The Balaban J connectivity index is 1.32. The summed E-state index contributed by atoms with van der Waals surface area (Å²) in [7, 11) is 0. The number of rotatable bonds is 5. The van der Waals surface area contributed by atoms with Crippen LogP contribution >= 0.6 is 0 Å². The van der Waals surface area contributed by atoms with E-state index in [2.05, 4.69) is 52.3 Å². The molecule has 2 fully saturated rings. The molecule has 0 aromatic heterocycles. The number of benzene rings is 2. The van der Waals surface area contributed by atoms with Crippen LogP contribution < -0.4 is 16.0 Å². The molecule has 0 bridgehead atoms. The second kappa shape index (κ2) is 9.45. The van der Waals surface area contributed by atoms with Crippen molar-refractivity contribution >= 4 is 17.7 Å². The van der Waals surface area contributed by atoms with Crippen LogP contribution in [0.3, 0.4) is 0 Å². The third kappa shape index (κ3) is 4.43. The Labute approximate surface area is 193 Å². The highest BCUT2D eigenvalue weighted by Gasteiger charge is 2.39. The topological polar surface area (TPSA) is 90.5 Å². The number of fused-ring (bicyclic) bond motifs is 1. The van der Waals surface area contributed by atoms with Crippen molar-refractivity contribution in [3.8, 4) is 0 Å². The molecule has 5 rings (SSSR count). The lowest BCUT2D eigenvalue weighted by Gasteiger charge is -2.29. The summed E-state index contributed by atoms with van der Waals surface area (Å²) in [4.78, 5) is 38.6. The van der Waals surface area contributed by atoms with Gasteiger partial charge in [0.25, 0.3) is 5.91 Å². The number of nitrogens with zero attached hydrogens (tertiary/aromatic N) is 1. The zero-order chi connectivity index (χ0) is 22.8.